The molecule has 0 spiro atoms. The van der Waals surface area contributed by atoms with Crippen LogP contribution in [0.25, 0.3) is 0 Å². The van der Waals surface area contributed by atoms with Gasteiger partial charge in [0.05, 0.1) is 6.04 Å². The zero-order chi connectivity index (χ0) is 22.3. The van der Waals surface area contributed by atoms with E-state index >= 15 is 0 Å². The van der Waals surface area contributed by atoms with Gasteiger partial charge in [0.2, 0.25) is 0 Å². The molecule has 2 N–H and O–H groups in total. The van der Waals surface area contributed by atoms with Gasteiger partial charge in [-0.05, 0) is 68.0 Å². The van der Waals surface area contributed by atoms with Crippen molar-refractivity contribution < 1.29 is 9.59 Å². The van der Waals surface area contributed by atoms with Crippen LogP contribution in [0, 0.1) is 0 Å². The molecule has 0 bridgehead atoms. The molecule has 4 rings (SSSR count). The smallest absolute Gasteiger partial charge is 0.309 e. The van der Waals surface area contributed by atoms with Gasteiger partial charge in [0, 0.05) is 32.4 Å². The number of carbonyl (C=O) groups is 2. The Morgan fingerprint density at radius 1 is 0.938 bits per heavy atom. The Labute approximate surface area is 191 Å². The average Bonchev–Trinajstić information content (AvgIpc) is 3.34. The van der Waals surface area contributed by atoms with Crippen LogP contribution in [0.15, 0.2) is 48.5 Å². The monoisotopic (exact) mass is 434 g/mol. The van der Waals surface area contributed by atoms with Gasteiger partial charge < -0.3 is 15.5 Å². The molecule has 0 aliphatic carbocycles. The lowest BCUT2D eigenvalue weighted by molar-refractivity contribution is -0.139. The number of nitrogens with one attached hydrogen (secondary N) is 2. The van der Waals surface area contributed by atoms with E-state index in [1.807, 2.05) is 30.3 Å². The Balaban J connectivity index is 1.36. The summed E-state index contributed by atoms with van der Waals surface area (Å²) in [5.41, 5.74) is 5.05. The SMILES string of the molecule is CN1CCCc2cc([C@@H](CNC(=O)C(=O)NCCc3ccccc3)N3CCCC3)ccc21. The Morgan fingerprint density at radius 2 is 1.69 bits per heavy atom. The van der Waals surface area contributed by atoms with Gasteiger partial charge >= 0.3 is 11.8 Å². The molecule has 2 amide bonds. The van der Waals surface area contributed by atoms with E-state index in [1.54, 1.807) is 0 Å². The quantitative estimate of drug-likeness (QED) is 0.658. The predicted molar refractivity (Wildman–Crippen MR) is 128 cm³/mol. The largest absolute Gasteiger partial charge is 0.374 e. The van der Waals surface area contributed by atoms with Crippen molar-refractivity contribution in [1.82, 2.24) is 15.5 Å². The molecule has 2 aromatic carbocycles. The van der Waals surface area contributed by atoms with Crippen molar-refractivity contribution in [2.45, 2.75) is 38.1 Å². The summed E-state index contributed by atoms with van der Waals surface area (Å²) < 4.78 is 0. The summed E-state index contributed by atoms with van der Waals surface area (Å²) in [6, 6.07) is 16.7. The maximum Gasteiger partial charge on any atom is 0.309 e. The van der Waals surface area contributed by atoms with Crippen LogP contribution in [0.4, 0.5) is 5.69 Å². The fraction of sp³-hybridized carbons (Fsp3) is 0.462. The molecule has 0 unspecified atom stereocenters. The first-order chi connectivity index (χ1) is 15.6. The summed E-state index contributed by atoms with van der Waals surface area (Å²) in [6.45, 7) is 4.04. The number of anilines is 1. The molecule has 2 heterocycles. The highest BCUT2D eigenvalue weighted by Crippen LogP contribution is 2.31. The number of benzene rings is 2. The fourth-order valence-corrected chi connectivity index (χ4v) is 4.84. The van der Waals surface area contributed by atoms with Crippen molar-refractivity contribution in [2.75, 3.05) is 44.7 Å². The molecule has 2 aromatic rings. The molecule has 2 aliphatic rings. The third-order valence-corrected chi connectivity index (χ3v) is 6.62. The summed E-state index contributed by atoms with van der Waals surface area (Å²) in [6.07, 6.45) is 5.33. The van der Waals surface area contributed by atoms with Crippen molar-refractivity contribution in [3.63, 3.8) is 0 Å². The van der Waals surface area contributed by atoms with Gasteiger partial charge in [0.1, 0.15) is 0 Å². The molecule has 0 saturated carbocycles. The number of nitrogens with zero attached hydrogens (tertiary/aromatic N) is 2. The van der Waals surface area contributed by atoms with Gasteiger partial charge in [-0.15, -0.1) is 0 Å². The van der Waals surface area contributed by atoms with E-state index in [0.29, 0.717) is 19.5 Å². The van der Waals surface area contributed by atoms with Crippen LogP contribution < -0.4 is 15.5 Å². The van der Waals surface area contributed by atoms with E-state index in [1.165, 1.54) is 36.1 Å². The highest BCUT2D eigenvalue weighted by atomic mass is 16.2. The second-order valence-corrected chi connectivity index (χ2v) is 8.87. The lowest BCUT2D eigenvalue weighted by atomic mass is 9.96. The fourth-order valence-electron chi connectivity index (χ4n) is 4.84. The number of hydrogen-bond donors (Lipinski definition) is 2. The number of hydrogen-bond acceptors (Lipinski definition) is 4. The Morgan fingerprint density at radius 3 is 2.47 bits per heavy atom. The van der Waals surface area contributed by atoms with Crippen LogP contribution in [0.2, 0.25) is 0 Å². The van der Waals surface area contributed by atoms with Crippen molar-refractivity contribution >= 4 is 17.5 Å². The molecule has 0 radical (unpaired) electrons. The van der Waals surface area contributed by atoms with E-state index < -0.39 is 11.8 Å². The van der Waals surface area contributed by atoms with Crippen molar-refractivity contribution in [3.05, 3.63) is 65.2 Å². The summed E-state index contributed by atoms with van der Waals surface area (Å²) in [4.78, 5) is 29.5. The maximum absolute atomic E-state index is 12.5. The molecular formula is C26H34N4O2. The van der Waals surface area contributed by atoms with Gasteiger partial charge in [0.25, 0.3) is 0 Å². The van der Waals surface area contributed by atoms with Crippen LogP contribution in [0.3, 0.4) is 0 Å². The lowest BCUT2D eigenvalue weighted by Gasteiger charge is -2.31. The van der Waals surface area contributed by atoms with Crippen LogP contribution in [0.5, 0.6) is 0 Å². The third kappa shape index (κ3) is 5.49. The molecule has 0 aromatic heterocycles. The van der Waals surface area contributed by atoms with E-state index in [2.05, 4.69) is 45.7 Å². The third-order valence-electron chi connectivity index (χ3n) is 6.62. The first-order valence-electron chi connectivity index (χ1n) is 11.8. The summed E-state index contributed by atoms with van der Waals surface area (Å²) in [5.74, 6) is -1.12. The maximum atomic E-state index is 12.5. The standard InChI is InChI=1S/C26H34N4O2/c1-29-15-7-10-21-18-22(11-12-23(21)29)24(30-16-5-6-17-30)19-28-26(32)25(31)27-14-13-20-8-3-2-4-9-20/h2-4,8-9,11-12,18,24H,5-7,10,13-17,19H2,1H3,(H,27,31)(H,28,32)/t24-/m1/s1. The van der Waals surface area contributed by atoms with Gasteiger partial charge in [0.15, 0.2) is 0 Å². The number of likely N-dealkylation sites (tertiary alicyclic amines) is 1. The molecule has 170 valence electrons. The molecule has 32 heavy (non-hydrogen) atoms. The minimum absolute atomic E-state index is 0.0936. The first-order valence-corrected chi connectivity index (χ1v) is 11.8. The first kappa shape index (κ1) is 22.3. The zero-order valence-corrected chi connectivity index (χ0v) is 19.0. The molecule has 1 saturated heterocycles. The summed E-state index contributed by atoms with van der Waals surface area (Å²) in [5, 5.41) is 5.63. The Bertz CT molecular complexity index is 925. The number of fused-ring (bicyclic) bond motifs is 1. The van der Waals surface area contributed by atoms with Gasteiger partial charge in [-0.25, -0.2) is 0 Å². The van der Waals surface area contributed by atoms with E-state index in [-0.39, 0.29) is 6.04 Å². The van der Waals surface area contributed by atoms with Crippen molar-refractivity contribution in [2.24, 2.45) is 0 Å². The van der Waals surface area contributed by atoms with E-state index in [4.69, 9.17) is 0 Å². The van der Waals surface area contributed by atoms with Gasteiger partial charge in [-0.1, -0.05) is 42.5 Å². The topological polar surface area (TPSA) is 64.7 Å². The van der Waals surface area contributed by atoms with Gasteiger partial charge in [-0.2, -0.15) is 0 Å². The second-order valence-electron chi connectivity index (χ2n) is 8.87. The predicted octanol–water partition coefficient (Wildman–Crippen LogP) is 2.68. The van der Waals surface area contributed by atoms with Crippen LogP contribution in [0.1, 0.15) is 42.0 Å². The van der Waals surface area contributed by atoms with Crippen LogP contribution in [-0.2, 0) is 22.4 Å². The molecule has 6 heteroatoms. The van der Waals surface area contributed by atoms with E-state index in [9.17, 15) is 9.59 Å². The number of aryl methyl sites for hydroxylation is 1. The minimum atomic E-state index is -0.562. The Hall–Kier alpha value is -2.86. The molecule has 2 aliphatic heterocycles. The highest BCUT2D eigenvalue weighted by molar-refractivity contribution is 6.35. The lowest BCUT2D eigenvalue weighted by Crippen LogP contribution is -2.44. The van der Waals surface area contributed by atoms with Crippen LogP contribution in [-0.4, -0.2) is 56.5 Å². The molecule has 1 atom stereocenters. The second kappa shape index (κ2) is 10.6. The van der Waals surface area contributed by atoms with Gasteiger partial charge in [-0.3, -0.25) is 14.5 Å². The average molecular weight is 435 g/mol. The normalized spacial score (nSPS) is 17.0. The number of carbonyl (C=O) groups excluding carboxylic acids is 2. The minimum Gasteiger partial charge on any atom is -0.374 e. The van der Waals surface area contributed by atoms with Crippen molar-refractivity contribution in [1.29, 1.82) is 0 Å². The zero-order valence-electron chi connectivity index (χ0n) is 19.0. The summed E-state index contributed by atoms with van der Waals surface area (Å²) >= 11 is 0. The number of amides is 2. The van der Waals surface area contributed by atoms with E-state index in [0.717, 1.165) is 31.6 Å². The molecule has 6 nitrogen and oxygen atoms in total. The Kier molecular flexibility index (Phi) is 7.43. The van der Waals surface area contributed by atoms with Crippen molar-refractivity contribution in [3.8, 4) is 0 Å². The highest BCUT2D eigenvalue weighted by Gasteiger charge is 2.26. The molecule has 1 fully saturated rings. The number of rotatable bonds is 7. The molecular weight excluding hydrogens is 400 g/mol. The van der Waals surface area contributed by atoms with Crippen LogP contribution >= 0.6 is 0 Å². The summed E-state index contributed by atoms with van der Waals surface area (Å²) in [7, 11) is 2.15.